The molecule has 0 bridgehead atoms. The highest BCUT2D eigenvalue weighted by Crippen LogP contribution is 2.21. The highest BCUT2D eigenvalue weighted by atomic mass is 32.2. The van der Waals surface area contributed by atoms with Crippen LogP contribution in [-0.4, -0.2) is 51.1 Å². The highest BCUT2D eigenvalue weighted by Gasteiger charge is 2.31. The number of ether oxygens (including phenoxy) is 1. The van der Waals surface area contributed by atoms with Crippen molar-refractivity contribution < 1.29 is 18.1 Å². The number of rotatable bonds is 3. The zero-order valence-electron chi connectivity index (χ0n) is 13.2. The summed E-state index contributed by atoms with van der Waals surface area (Å²) >= 11 is 0. The van der Waals surface area contributed by atoms with Gasteiger partial charge < -0.3 is 4.74 Å². The number of pyridine rings is 1. The van der Waals surface area contributed by atoms with Crippen LogP contribution in [0.4, 0.5) is 5.82 Å². The zero-order valence-corrected chi connectivity index (χ0v) is 14.0. The molecule has 3 heterocycles. The molecular weight excluding hydrogens is 302 g/mol. The van der Waals surface area contributed by atoms with E-state index in [0.717, 1.165) is 31.7 Å². The molecule has 0 amide bonds. The van der Waals surface area contributed by atoms with Crippen molar-refractivity contribution in [3.63, 3.8) is 0 Å². The second-order valence-corrected chi connectivity index (χ2v) is 8.12. The predicted molar refractivity (Wildman–Crippen MR) is 83.2 cm³/mol. The molecule has 0 saturated carbocycles. The van der Waals surface area contributed by atoms with Crippen LogP contribution in [0.1, 0.15) is 26.7 Å². The zero-order chi connectivity index (χ0) is 15.7. The average Bonchev–Trinajstić information content (AvgIpc) is 3.01. The van der Waals surface area contributed by atoms with Gasteiger partial charge in [0.25, 0.3) is 5.82 Å². The van der Waals surface area contributed by atoms with Crippen molar-refractivity contribution in [3.8, 4) is 0 Å². The van der Waals surface area contributed by atoms with Crippen LogP contribution in [0.2, 0.25) is 0 Å². The first-order valence-corrected chi connectivity index (χ1v) is 9.33. The molecule has 3 rings (SSSR count). The van der Waals surface area contributed by atoms with Crippen LogP contribution >= 0.6 is 0 Å². The molecule has 0 radical (unpaired) electrons. The molecule has 1 N–H and O–H groups in total. The molecular formula is C15H24N3O3S+. The fourth-order valence-electron chi connectivity index (χ4n) is 3.21. The molecule has 0 aromatic carbocycles. The van der Waals surface area contributed by atoms with Crippen molar-refractivity contribution in [2.75, 3.05) is 31.1 Å². The van der Waals surface area contributed by atoms with Gasteiger partial charge in [0.05, 0.1) is 12.2 Å². The van der Waals surface area contributed by atoms with Crippen molar-refractivity contribution in [1.29, 1.82) is 0 Å². The third kappa shape index (κ3) is 3.11. The normalized spacial score (nSPS) is 27.3. The standard InChI is InChI=1S/C15H23N3O3S/c1-12-10-17(11-13(2)21-12)15-6-5-14(9-16-15)22(19,20)18-7-3-4-8-18/h5-6,9,12-13H,3-4,7-8,10-11H2,1-2H3/p+1/t12-,13-/m1/s1. The summed E-state index contributed by atoms with van der Waals surface area (Å²) in [6.45, 7) is 6.97. The molecule has 1 aromatic heterocycles. The number of sulfonamides is 1. The maximum Gasteiger partial charge on any atom is 0.274 e. The van der Waals surface area contributed by atoms with Gasteiger partial charge in [0, 0.05) is 19.2 Å². The van der Waals surface area contributed by atoms with Crippen molar-refractivity contribution >= 4 is 15.8 Å². The summed E-state index contributed by atoms with van der Waals surface area (Å²) in [5, 5.41) is 0. The van der Waals surface area contributed by atoms with Crippen molar-refractivity contribution in [1.82, 2.24) is 4.31 Å². The van der Waals surface area contributed by atoms with Crippen molar-refractivity contribution in [2.45, 2.75) is 43.8 Å². The molecule has 6 nitrogen and oxygen atoms in total. The number of nitrogens with zero attached hydrogens (tertiary/aromatic N) is 2. The monoisotopic (exact) mass is 326 g/mol. The molecule has 22 heavy (non-hydrogen) atoms. The molecule has 2 saturated heterocycles. The minimum Gasteiger partial charge on any atom is -0.367 e. The summed E-state index contributed by atoms with van der Waals surface area (Å²) in [4.78, 5) is 5.68. The Morgan fingerprint density at radius 2 is 1.77 bits per heavy atom. The van der Waals surface area contributed by atoms with E-state index in [1.165, 1.54) is 0 Å². The Kier molecular flexibility index (Phi) is 4.38. The van der Waals surface area contributed by atoms with Gasteiger partial charge in [-0.3, -0.25) is 4.90 Å². The highest BCUT2D eigenvalue weighted by molar-refractivity contribution is 7.89. The van der Waals surface area contributed by atoms with E-state index in [2.05, 4.69) is 23.7 Å². The lowest BCUT2D eigenvalue weighted by molar-refractivity contribution is -0.368. The number of morpholine rings is 1. The van der Waals surface area contributed by atoms with Gasteiger partial charge in [-0.2, -0.15) is 4.31 Å². The summed E-state index contributed by atoms with van der Waals surface area (Å²) in [7, 11) is -3.35. The number of hydrogen-bond donors (Lipinski definition) is 0. The molecule has 0 aliphatic carbocycles. The molecule has 2 atom stereocenters. The van der Waals surface area contributed by atoms with E-state index in [1.807, 2.05) is 6.07 Å². The third-order valence-corrected chi connectivity index (χ3v) is 6.13. The summed E-state index contributed by atoms with van der Waals surface area (Å²) in [5.74, 6) is 0.933. The molecule has 1 aromatic rings. The van der Waals surface area contributed by atoms with E-state index in [-0.39, 0.29) is 12.2 Å². The number of aromatic nitrogens is 1. The van der Waals surface area contributed by atoms with E-state index in [1.54, 1.807) is 16.6 Å². The van der Waals surface area contributed by atoms with E-state index in [0.29, 0.717) is 18.0 Å². The summed E-state index contributed by atoms with van der Waals surface area (Å²) in [6, 6.07) is 3.55. The van der Waals surface area contributed by atoms with Gasteiger partial charge in [-0.25, -0.2) is 13.4 Å². The first kappa shape index (κ1) is 15.7. The van der Waals surface area contributed by atoms with Crippen molar-refractivity contribution in [3.05, 3.63) is 18.3 Å². The fraction of sp³-hybridized carbons (Fsp3) is 0.667. The molecule has 122 valence electrons. The molecule has 2 aliphatic rings. The van der Waals surface area contributed by atoms with Crippen LogP contribution in [0.5, 0.6) is 0 Å². The number of aromatic amines is 1. The van der Waals surface area contributed by atoms with Gasteiger partial charge in [0.1, 0.15) is 24.2 Å². The Balaban J connectivity index is 1.78. The third-order valence-electron chi connectivity index (χ3n) is 4.23. The van der Waals surface area contributed by atoms with Crippen LogP contribution in [0.25, 0.3) is 0 Å². The van der Waals surface area contributed by atoms with Crippen LogP contribution in [0.15, 0.2) is 23.2 Å². The van der Waals surface area contributed by atoms with Crippen LogP contribution in [0.3, 0.4) is 0 Å². The minimum absolute atomic E-state index is 0.171. The second kappa shape index (κ2) is 6.14. The van der Waals surface area contributed by atoms with E-state index in [4.69, 9.17) is 4.74 Å². The largest absolute Gasteiger partial charge is 0.367 e. The first-order chi connectivity index (χ1) is 10.5. The lowest BCUT2D eigenvalue weighted by Crippen LogP contribution is -2.47. The van der Waals surface area contributed by atoms with Crippen LogP contribution < -0.4 is 9.88 Å². The minimum atomic E-state index is -3.35. The molecule has 2 fully saturated rings. The number of anilines is 1. The summed E-state index contributed by atoms with van der Waals surface area (Å²) < 4.78 is 32.3. The Labute approximate surface area is 132 Å². The Bertz CT molecular complexity index is 601. The average molecular weight is 326 g/mol. The maximum atomic E-state index is 12.5. The lowest BCUT2D eigenvalue weighted by atomic mass is 10.2. The summed E-state index contributed by atoms with van der Waals surface area (Å²) in [6.07, 6.45) is 3.85. The maximum absolute atomic E-state index is 12.5. The Morgan fingerprint density at radius 1 is 1.14 bits per heavy atom. The SMILES string of the molecule is C[C@@H]1CN(c2ccc(S(=O)(=O)N3CCCC3)c[nH+]2)C[C@@H](C)O1. The molecule has 0 spiro atoms. The lowest BCUT2D eigenvalue weighted by Gasteiger charge is -2.30. The van der Waals surface area contributed by atoms with Crippen molar-refractivity contribution in [2.24, 2.45) is 0 Å². The first-order valence-electron chi connectivity index (χ1n) is 7.89. The van der Waals surface area contributed by atoms with Crippen LogP contribution in [0, 0.1) is 0 Å². The van der Waals surface area contributed by atoms with Gasteiger partial charge in [0.15, 0.2) is 0 Å². The Morgan fingerprint density at radius 3 is 2.32 bits per heavy atom. The predicted octanol–water partition coefficient (Wildman–Crippen LogP) is 0.899. The second-order valence-electron chi connectivity index (χ2n) is 6.18. The molecule has 7 heteroatoms. The van der Waals surface area contributed by atoms with Gasteiger partial charge in [-0.15, -0.1) is 0 Å². The number of hydrogen-bond acceptors (Lipinski definition) is 4. The quantitative estimate of drug-likeness (QED) is 0.828. The van der Waals surface area contributed by atoms with Gasteiger partial charge >= 0.3 is 0 Å². The fourth-order valence-corrected chi connectivity index (χ4v) is 4.70. The number of nitrogens with one attached hydrogen (secondary N) is 1. The smallest absolute Gasteiger partial charge is 0.274 e. The van der Waals surface area contributed by atoms with Gasteiger partial charge in [0.2, 0.25) is 10.0 Å². The van der Waals surface area contributed by atoms with E-state index >= 15 is 0 Å². The van der Waals surface area contributed by atoms with Crippen LogP contribution in [-0.2, 0) is 14.8 Å². The molecule has 0 unspecified atom stereocenters. The summed E-state index contributed by atoms with van der Waals surface area (Å²) in [5.41, 5.74) is 0. The topological polar surface area (TPSA) is 64.0 Å². The van der Waals surface area contributed by atoms with E-state index < -0.39 is 10.0 Å². The molecule has 2 aliphatic heterocycles. The van der Waals surface area contributed by atoms with Gasteiger partial charge in [-0.1, -0.05) is 0 Å². The Hall–Kier alpha value is -1.18. The van der Waals surface area contributed by atoms with Gasteiger partial charge in [-0.05, 0) is 32.8 Å². The van der Waals surface area contributed by atoms with E-state index in [9.17, 15) is 8.42 Å². The number of H-pyrrole nitrogens is 1.